The van der Waals surface area contributed by atoms with Gasteiger partial charge in [0, 0.05) is 25.4 Å². The predicted octanol–water partition coefficient (Wildman–Crippen LogP) is 3.12. The third kappa shape index (κ3) is 7.19. The van der Waals surface area contributed by atoms with Crippen molar-refractivity contribution in [3.8, 4) is 0 Å². The number of nitrogens with zero attached hydrogens (tertiary/aromatic N) is 1. The fraction of sp³-hybridized carbons (Fsp3) is 0.375. The monoisotopic (exact) mass is 258 g/mol. The van der Waals surface area contributed by atoms with Gasteiger partial charge in [-0.05, 0) is 32.3 Å². The van der Waals surface area contributed by atoms with Crippen LogP contribution in [-0.4, -0.2) is 18.7 Å². The first-order chi connectivity index (χ1) is 9.22. The van der Waals surface area contributed by atoms with Crippen LogP contribution in [0.3, 0.4) is 0 Å². The van der Waals surface area contributed by atoms with E-state index in [9.17, 15) is 4.79 Å². The summed E-state index contributed by atoms with van der Waals surface area (Å²) in [6, 6.07) is 10.1. The average molecular weight is 258 g/mol. The molecule has 1 rings (SSSR count). The van der Waals surface area contributed by atoms with Crippen LogP contribution in [0.4, 0.5) is 0 Å². The lowest BCUT2D eigenvalue weighted by Crippen LogP contribution is -2.24. The summed E-state index contributed by atoms with van der Waals surface area (Å²) in [6.07, 6.45) is 5.76. The molecule has 3 nitrogen and oxygen atoms in total. The Morgan fingerprint density at radius 1 is 1.26 bits per heavy atom. The van der Waals surface area contributed by atoms with Crippen molar-refractivity contribution in [1.82, 2.24) is 5.32 Å². The molecule has 0 heterocycles. The Morgan fingerprint density at radius 3 is 2.68 bits per heavy atom. The average Bonchev–Trinajstić information content (AvgIpc) is 2.44. The molecule has 0 aliphatic carbocycles. The summed E-state index contributed by atoms with van der Waals surface area (Å²) in [5.74, 6) is 0.107. The summed E-state index contributed by atoms with van der Waals surface area (Å²) >= 11 is 0. The molecular weight excluding hydrogens is 236 g/mol. The second kappa shape index (κ2) is 9.09. The normalized spacial score (nSPS) is 11.8. The van der Waals surface area contributed by atoms with Crippen LogP contribution in [0.5, 0.6) is 0 Å². The van der Waals surface area contributed by atoms with Crippen LogP contribution in [0.2, 0.25) is 0 Å². The molecule has 102 valence electrons. The number of aliphatic imine (C=N–C) groups is 1. The second-order valence-corrected chi connectivity index (χ2v) is 4.47. The Bertz CT molecular complexity index is 435. The molecule has 0 saturated heterocycles. The molecule has 0 unspecified atom stereocenters. The molecule has 0 aliphatic rings. The smallest absolute Gasteiger partial charge is 0.220 e. The predicted molar refractivity (Wildman–Crippen MR) is 80.3 cm³/mol. The van der Waals surface area contributed by atoms with Crippen molar-refractivity contribution in [2.75, 3.05) is 6.54 Å². The Hall–Kier alpha value is -1.90. The zero-order valence-corrected chi connectivity index (χ0v) is 11.7. The van der Waals surface area contributed by atoms with Gasteiger partial charge in [-0.25, -0.2) is 0 Å². The second-order valence-electron chi connectivity index (χ2n) is 4.47. The third-order valence-electron chi connectivity index (χ3n) is 2.77. The molecule has 1 N–H and O–H groups in total. The molecule has 0 aromatic heterocycles. The Morgan fingerprint density at radius 2 is 2.00 bits per heavy atom. The number of carbonyl (C=O) groups is 1. The summed E-state index contributed by atoms with van der Waals surface area (Å²) in [5.41, 5.74) is 2.37. The molecule has 0 bridgehead atoms. The van der Waals surface area contributed by atoms with E-state index >= 15 is 0 Å². The number of benzene rings is 1. The van der Waals surface area contributed by atoms with Crippen molar-refractivity contribution in [2.24, 2.45) is 4.99 Å². The highest BCUT2D eigenvalue weighted by Gasteiger charge is 2.01. The number of rotatable bonds is 7. The number of nitrogens with one attached hydrogen (secondary N) is 1. The molecule has 0 saturated carbocycles. The van der Waals surface area contributed by atoms with Gasteiger partial charge in [0.25, 0.3) is 0 Å². The van der Waals surface area contributed by atoms with Crippen molar-refractivity contribution < 1.29 is 4.79 Å². The lowest BCUT2D eigenvalue weighted by Gasteiger charge is -2.05. The van der Waals surface area contributed by atoms with Gasteiger partial charge in [0.2, 0.25) is 5.91 Å². The molecule has 1 aromatic carbocycles. The maximum absolute atomic E-state index is 11.7. The van der Waals surface area contributed by atoms with E-state index in [1.807, 2.05) is 50.4 Å². The Balaban J connectivity index is 2.18. The molecule has 19 heavy (non-hydrogen) atoms. The van der Waals surface area contributed by atoms with E-state index in [0.717, 1.165) is 12.8 Å². The van der Waals surface area contributed by atoms with Crippen LogP contribution in [0, 0.1) is 0 Å². The first-order valence-corrected chi connectivity index (χ1v) is 6.66. The van der Waals surface area contributed by atoms with Crippen LogP contribution in [0.1, 0.15) is 32.3 Å². The van der Waals surface area contributed by atoms with Gasteiger partial charge in [0.05, 0.1) is 0 Å². The molecule has 0 atom stereocenters. The minimum absolute atomic E-state index is 0.107. The Labute approximate surface area is 115 Å². The van der Waals surface area contributed by atoms with Crippen molar-refractivity contribution in [2.45, 2.75) is 33.1 Å². The zero-order valence-electron chi connectivity index (χ0n) is 11.7. The molecule has 3 heteroatoms. The molecule has 1 aromatic rings. The van der Waals surface area contributed by atoms with Crippen LogP contribution in [-0.2, 0) is 11.2 Å². The van der Waals surface area contributed by atoms with E-state index in [4.69, 9.17) is 0 Å². The highest BCUT2D eigenvalue weighted by molar-refractivity contribution is 5.76. The van der Waals surface area contributed by atoms with E-state index < -0.39 is 0 Å². The molecule has 0 fully saturated rings. The summed E-state index contributed by atoms with van der Waals surface area (Å²) in [5, 5.41) is 2.93. The fourth-order valence-electron chi connectivity index (χ4n) is 1.66. The lowest BCUT2D eigenvalue weighted by molar-refractivity contribution is -0.121. The number of hydrogen-bond donors (Lipinski definition) is 1. The summed E-state index contributed by atoms with van der Waals surface area (Å²) in [6.45, 7) is 4.58. The van der Waals surface area contributed by atoms with Crippen molar-refractivity contribution in [1.29, 1.82) is 0 Å². The van der Waals surface area contributed by atoms with Crippen molar-refractivity contribution >= 4 is 12.1 Å². The van der Waals surface area contributed by atoms with E-state index in [-0.39, 0.29) is 5.91 Å². The lowest BCUT2D eigenvalue weighted by atomic mass is 10.1. The highest BCUT2D eigenvalue weighted by Crippen LogP contribution is 2.02. The number of aryl methyl sites for hydroxylation is 1. The summed E-state index contributed by atoms with van der Waals surface area (Å²) in [7, 11) is 0. The van der Waals surface area contributed by atoms with Gasteiger partial charge < -0.3 is 5.32 Å². The van der Waals surface area contributed by atoms with Crippen molar-refractivity contribution in [3.63, 3.8) is 0 Å². The molecule has 0 spiro atoms. The molecule has 1 amide bonds. The standard InChI is InChI=1S/C16H22N2O/c1-3-17-13-14(2)11-12-18-16(19)10-9-15-7-5-4-6-8-15/h3-8,13H,9-12H2,1-2H3,(H,18,19)/b14-13+,17-3?. The van der Waals surface area contributed by atoms with E-state index in [2.05, 4.69) is 10.3 Å². The maximum atomic E-state index is 11.7. The first-order valence-electron chi connectivity index (χ1n) is 6.66. The Kier molecular flexibility index (Phi) is 7.25. The topological polar surface area (TPSA) is 41.5 Å². The quantitative estimate of drug-likeness (QED) is 0.750. The number of amides is 1. The van der Waals surface area contributed by atoms with Gasteiger partial charge in [-0.3, -0.25) is 9.79 Å². The largest absolute Gasteiger partial charge is 0.356 e. The van der Waals surface area contributed by atoms with E-state index in [1.54, 1.807) is 6.21 Å². The summed E-state index contributed by atoms with van der Waals surface area (Å²) in [4.78, 5) is 15.7. The maximum Gasteiger partial charge on any atom is 0.220 e. The van der Waals surface area contributed by atoms with Gasteiger partial charge in [-0.1, -0.05) is 35.9 Å². The minimum Gasteiger partial charge on any atom is -0.356 e. The van der Waals surface area contributed by atoms with E-state index in [0.29, 0.717) is 13.0 Å². The highest BCUT2D eigenvalue weighted by atomic mass is 16.1. The SMILES string of the molecule is CC=N/C=C(\C)CCNC(=O)CCc1ccccc1. The van der Waals surface area contributed by atoms with Gasteiger partial charge >= 0.3 is 0 Å². The van der Waals surface area contributed by atoms with Crippen LogP contribution in [0.15, 0.2) is 47.1 Å². The molecule has 0 aliphatic heterocycles. The number of hydrogen-bond acceptors (Lipinski definition) is 2. The van der Waals surface area contributed by atoms with Crippen molar-refractivity contribution in [3.05, 3.63) is 47.7 Å². The van der Waals surface area contributed by atoms with Crippen LogP contribution < -0.4 is 5.32 Å². The third-order valence-corrected chi connectivity index (χ3v) is 2.77. The first kappa shape index (κ1) is 15.2. The zero-order chi connectivity index (χ0) is 13.9. The van der Waals surface area contributed by atoms with Gasteiger partial charge in [0.15, 0.2) is 0 Å². The van der Waals surface area contributed by atoms with Gasteiger partial charge in [0.1, 0.15) is 0 Å². The molecule has 0 radical (unpaired) electrons. The fourth-order valence-corrected chi connectivity index (χ4v) is 1.66. The number of carbonyl (C=O) groups excluding carboxylic acids is 1. The summed E-state index contributed by atoms with van der Waals surface area (Å²) < 4.78 is 0. The molecular formula is C16H22N2O. The van der Waals surface area contributed by atoms with Crippen LogP contribution >= 0.6 is 0 Å². The van der Waals surface area contributed by atoms with Crippen LogP contribution in [0.25, 0.3) is 0 Å². The minimum atomic E-state index is 0.107. The van der Waals surface area contributed by atoms with Gasteiger partial charge in [-0.2, -0.15) is 0 Å². The van der Waals surface area contributed by atoms with Gasteiger partial charge in [-0.15, -0.1) is 0 Å². The van der Waals surface area contributed by atoms with E-state index in [1.165, 1.54) is 11.1 Å².